The van der Waals surface area contributed by atoms with E-state index in [1.165, 1.54) is 0 Å². The molecular weight excluding hydrogens is 273 g/mol. The van der Waals surface area contributed by atoms with Crippen molar-refractivity contribution in [2.24, 2.45) is 5.92 Å². The predicted molar refractivity (Wildman–Crippen MR) is 70.6 cm³/mol. The van der Waals surface area contributed by atoms with Gasteiger partial charge >= 0.3 is 6.18 Å². The van der Waals surface area contributed by atoms with Crippen LogP contribution in [0.15, 0.2) is 23.7 Å². The lowest BCUT2D eigenvalue weighted by Crippen LogP contribution is -2.39. The Hall–Kier alpha value is -1.30. The summed E-state index contributed by atoms with van der Waals surface area (Å²) in [5.41, 5.74) is 0. The summed E-state index contributed by atoms with van der Waals surface area (Å²) in [7, 11) is 0. The minimum atomic E-state index is -4.06. The highest BCUT2D eigenvalue weighted by molar-refractivity contribution is 7.17. The lowest BCUT2D eigenvalue weighted by atomic mass is 9.96. The Balaban J connectivity index is 1.80. The first-order valence-corrected chi connectivity index (χ1v) is 7.07. The maximum absolute atomic E-state index is 12.6. The number of thiophene rings is 1. The van der Waals surface area contributed by atoms with Crippen LogP contribution in [0.3, 0.4) is 0 Å². The van der Waals surface area contributed by atoms with E-state index in [0.29, 0.717) is 13.1 Å². The SMILES string of the molecule is FC(F)(F)C1CCN(c2nccc3sccc23)CC1. The second-order valence-electron chi connectivity index (χ2n) is 4.77. The number of rotatable bonds is 1. The van der Waals surface area contributed by atoms with E-state index in [9.17, 15) is 13.2 Å². The summed E-state index contributed by atoms with van der Waals surface area (Å²) in [6, 6.07) is 3.92. The Kier molecular flexibility index (Phi) is 3.12. The predicted octanol–water partition coefficient (Wildman–Crippen LogP) is 4.08. The average Bonchev–Trinajstić information content (AvgIpc) is 2.86. The zero-order valence-electron chi connectivity index (χ0n) is 10.2. The fraction of sp³-hybridized carbons (Fsp3) is 0.462. The van der Waals surface area contributed by atoms with Crippen molar-refractivity contribution in [3.05, 3.63) is 23.7 Å². The van der Waals surface area contributed by atoms with Crippen LogP contribution >= 0.6 is 11.3 Å². The van der Waals surface area contributed by atoms with Gasteiger partial charge in [0, 0.05) is 29.4 Å². The molecule has 6 heteroatoms. The normalized spacial score (nSPS) is 18.2. The molecule has 2 nitrogen and oxygen atoms in total. The molecule has 3 heterocycles. The number of fused-ring (bicyclic) bond motifs is 1. The van der Waals surface area contributed by atoms with Crippen molar-refractivity contribution in [3.63, 3.8) is 0 Å². The molecule has 0 N–H and O–H groups in total. The molecule has 0 atom stereocenters. The van der Waals surface area contributed by atoms with Crippen LogP contribution in [0.4, 0.5) is 19.0 Å². The van der Waals surface area contributed by atoms with Gasteiger partial charge in [-0.25, -0.2) is 4.98 Å². The van der Waals surface area contributed by atoms with Crippen molar-refractivity contribution in [2.75, 3.05) is 18.0 Å². The molecule has 2 aromatic heterocycles. The van der Waals surface area contributed by atoms with Crippen molar-refractivity contribution >= 4 is 27.2 Å². The van der Waals surface area contributed by atoms with Crippen LogP contribution in [0.2, 0.25) is 0 Å². The third kappa shape index (κ3) is 2.41. The molecule has 19 heavy (non-hydrogen) atoms. The highest BCUT2D eigenvalue weighted by Crippen LogP contribution is 2.36. The maximum atomic E-state index is 12.6. The van der Waals surface area contributed by atoms with Gasteiger partial charge in [-0.2, -0.15) is 13.2 Å². The van der Waals surface area contributed by atoms with Gasteiger partial charge in [0.05, 0.1) is 5.92 Å². The van der Waals surface area contributed by atoms with Crippen LogP contribution < -0.4 is 4.90 Å². The number of hydrogen-bond acceptors (Lipinski definition) is 3. The van der Waals surface area contributed by atoms with E-state index < -0.39 is 12.1 Å². The largest absolute Gasteiger partial charge is 0.391 e. The molecule has 0 amide bonds. The summed E-state index contributed by atoms with van der Waals surface area (Å²) in [5.74, 6) is -0.343. The van der Waals surface area contributed by atoms with Gasteiger partial charge in [0.2, 0.25) is 0 Å². The van der Waals surface area contributed by atoms with Gasteiger partial charge in [-0.3, -0.25) is 0 Å². The monoisotopic (exact) mass is 286 g/mol. The highest BCUT2D eigenvalue weighted by atomic mass is 32.1. The van der Waals surface area contributed by atoms with Crippen LogP contribution in [0.25, 0.3) is 10.1 Å². The first-order valence-electron chi connectivity index (χ1n) is 6.19. The summed E-state index contributed by atoms with van der Waals surface area (Å²) in [5, 5.41) is 3.02. The Morgan fingerprint density at radius 2 is 1.95 bits per heavy atom. The number of pyridine rings is 1. The molecule has 0 saturated carbocycles. The fourth-order valence-electron chi connectivity index (χ4n) is 2.55. The standard InChI is InChI=1S/C13H13F3N2S/c14-13(15,16)9-2-6-18(7-3-9)12-10-4-8-19-11(10)1-5-17-12/h1,4-5,8-9H,2-3,6-7H2. The van der Waals surface area contributed by atoms with Crippen LogP contribution in [0.5, 0.6) is 0 Å². The first-order chi connectivity index (χ1) is 9.05. The van der Waals surface area contributed by atoms with Gasteiger partial charge in [0.15, 0.2) is 0 Å². The van der Waals surface area contributed by atoms with Crippen molar-refractivity contribution in [1.29, 1.82) is 0 Å². The van der Waals surface area contributed by atoms with E-state index in [4.69, 9.17) is 0 Å². The smallest absolute Gasteiger partial charge is 0.356 e. The molecule has 0 aromatic carbocycles. The number of nitrogens with zero attached hydrogens (tertiary/aromatic N) is 2. The zero-order valence-corrected chi connectivity index (χ0v) is 11.0. The Labute approximate surface area is 112 Å². The van der Waals surface area contributed by atoms with Gasteiger partial charge < -0.3 is 4.90 Å². The Morgan fingerprint density at radius 1 is 1.21 bits per heavy atom. The topological polar surface area (TPSA) is 16.1 Å². The van der Waals surface area contributed by atoms with Gasteiger partial charge in [0.25, 0.3) is 0 Å². The lowest BCUT2D eigenvalue weighted by Gasteiger charge is -2.33. The number of aromatic nitrogens is 1. The molecule has 3 rings (SSSR count). The van der Waals surface area contributed by atoms with Gasteiger partial charge in [-0.15, -0.1) is 11.3 Å². The van der Waals surface area contributed by atoms with Crippen LogP contribution in [0.1, 0.15) is 12.8 Å². The molecule has 0 spiro atoms. The minimum absolute atomic E-state index is 0.158. The third-order valence-corrected chi connectivity index (χ3v) is 4.50. The number of piperidine rings is 1. The van der Waals surface area contributed by atoms with Crippen LogP contribution in [-0.2, 0) is 0 Å². The lowest BCUT2D eigenvalue weighted by molar-refractivity contribution is -0.179. The first kappa shape index (κ1) is 12.7. The molecule has 0 aliphatic carbocycles. The second-order valence-corrected chi connectivity index (χ2v) is 5.72. The van der Waals surface area contributed by atoms with Crippen molar-refractivity contribution in [1.82, 2.24) is 4.98 Å². The molecule has 0 unspecified atom stereocenters. The summed E-state index contributed by atoms with van der Waals surface area (Å²) < 4.78 is 39.1. The Bertz CT molecular complexity index is 571. The Morgan fingerprint density at radius 3 is 2.63 bits per heavy atom. The molecule has 0 radical (unpaired) electrons. The zero-order chi connectivity index (χ0) is 13.5. The molecular formula is C13H13F3N2S. The third-order valence-electron chi connectivity index (χ3n) is 3.62. The minimum Gasteiger partial charge on any atom is -0.356 e. The quantitative estimate of drug-likeness (QED) is 0.785. The van der Waals surface area contributed by atoms with E-state index >= 15 is 0 Å². The number of hydrogen-bond donors (Lipinski definition) is 0. The van der Waals surface area contributed by atoms with E-state index in [1.54, 1.807) is 17.5 Å². The summed E-state index contributed by atoms with van der Waals surface area (Å²) in [6.07, 6.45) is -2.02. The van der Waals surface area contributed by atoms with E-state index in [1.807, 2.05) is 22.4 Å². The summed E-state index contributed by atoms with van der Waals surface area (Å²) >= 11 is 1.62. The molecule has 1 aliphatic heterocycles. The van der Waals surface area contributed by atoms with Crippen molar-refractivity contribution in [3.8, 4) is 0 Å². The summed E-state index contributed by atoms with van der Waals surface area (Å²) in [4.78, 5) is 6.31. The van der Waals surface area contributed by atoms with Crippen molar-refractivity contribution in [2.45, 2.75) is 19.0 Å². The van der Waals surface area contributed by atoms with E-state index in [2.05, 4.69) is 4.98 Å². The second kappa shape index (κ2) is 4.67. The maximum Gasteiger partial charge on any atom is 0.391 e. The molecule has 1 aliphatic rings. The van der Waals surface area contributed by atoms with Gasteiger partial charge in [0.1, 0.15) is 5.82 Å². The average molecular weight is 286 g/mol. The van der Waals surface area contributed by atoms with E-state index in [-0.39, 0.29) is 12.8 Å². The molecule has 1 saturated heterocycles. The van der Waals surface area contributed by atoms with Crippen LogP contribution in [0, 0.1) is 5.92 Å². The van der Waals surface area contributed by atoms with Gasteiger partial charge in [-0.05, 0) is 30.4 Å². The fourth-order valence-corrected chi connectivity index (χ4v) is 3.33. The van der Waals surface area contributed by atoms with Crippen molar-refractivity contribution < 1.29 is 13.2 Å². The molecule has 102 valence electrons. The summed E-state index contributed by atoms with van der Waals surface area (Å²) in [6.45, 7) is 0.846. The number of halogens is 3. The molecule has 2 aromatic rings. The molecule has 1 fully saturated rings. The molecule has 0 bridgehead atoms. The van der Waals surface area contributed by atoms with Gasteiger partial charge in [-0.1, -0.05) is 0 Å². The number of anilines is 1. The van der Waals surface area contributed by atoms with Crippen LogP contribution in [-0.4, -0.2) is 24.2 Å². The van der Waals surface area contributed by atoms with E-state index in [0.717, 1.165) is 15.9 Å². The highest BCUT2D eigenvalue weighted by Gasteiger charge is 2.41. The number of alkyl halides is 3.